The molecule has 0 spiro atoms. The summed E-state index contributed by atoms with van der Waals surface area (Å²) in [6, 6.07) is 0. The molecule has 2 aromatic rings. The van der Waals surface area contributed by atoms with E-state index in [4.69, 9.17) is 30.2 Å². The number of aromatic nitrogens is 3. The van der Waals surface area contributed by atoms with Gasteiger partial charge >= 0.3 is 7.60 Å². The van der Waals surface area contributed by atoms with E-state index in [1.165, 1.54) is 18.6 Å². The van der Waals surface area contributed by atoms with Crippen LogP contribution in [0.5, 0.6) is 0 Å². The smallest absolute Gasteiger partial charge is 0.353 e. The summed E-state index contributed by atoms with van der Waals surface area (Å²) in [6.45, 7) is 4.08. The number of primary amides is 1. The maximum absolute atomic E-state index is 12.1. The van der Waals surface area contributed by atoms with E-state index in [-0.39, 0.29) is 35.6 Å². The highest BCUT2D eigenvalue weighted by atomic mass is 31.2. The summed E-state index contributed by atoms with van der Waals surface area (Å²) in [5, 5.41) is 21.7. The van der Waals surface area contributed by atoms with Gasteiger partial charge in [0.15, 0.2) is 7.85 Å². The van der Waals surface area contributed by atoms with Crippen LogP contribution in [-0.2, 0) is 28.9 Å². The molecule has 1 amide bonds. The predicted molar refractivity (Wildman–Crippen MR) is 126 cm³/mol. The highest BCUT2D eigenvalue weighted by Gasteiger charge is 2.53. The third-order valence-corrected chi connectivity index (χ3v) is 6.73. The van der Waals surface area contributed by atoms with E-state index in [9.17, 15) is 24.5 Å². The Bertz CT molecular complexity index is 1120. The van der Waals surface area contributed by atoms with Gasteiger partial charge in [0.05, 0.1) is 24.2 Å². The van der Waals surface area contributed by atoms with Crippen LogP contribution < -0.4 is 11.5 Å². The minimum Gasteiger partial charge on any atom is -0.387 e. The number of ether oxygens (including phenoxy) is 3. The average molecular weight is 515 g/mol. The zero-order valence-corrected chi connectivity index (χ0v) is 20.7. The summed E-state index contributed by atoms with van der Waals surface area (Å²) in [4.78, 5) is 30.3. The lowest BCUT2D eigenvalue weighted by atomic mass is 9.84. The topological polar surface area (TPSA) is 214 Å². The van der Waals surface area contributed by atoms with Gasteiger partial charge in [-0.1, -0.05) is 0 Å². The Labute approximate surface area is 202 Å². The molecule has 1 fully saturated rings. The van der Waals surface area contributed by atoms with Gasteiger partial charge in [-0.15, -0.1) is 0 Å². The summed E-state index contributed by atoms with van der Waals surface area (Å²) < 4.78 is 34.8. The van der Waals surface area contributed by atoms with Gasteiger partial charge in [0.2, 0.25) is 0 Å². The van der Waals surface area contributed by atoms with Gasteiger partial charge in [-0.3, -0.25) is 9.36 Å². The molecule has 3 rings (SSSR count). The highest BCUT2D eigenvalue weighted by molar-refractivity contribution is 7.52. The average Bonchev–Trinajstić information content (AvgIpc) is 3.26. The Morgan fingerprint density at radius 3 is 2.71 bits per heavy atom. The van der Waals surface area contributed by atoms with E-state index >= 15 is 0 Å². The Kier molecular flexibility index (Phi) is 8.55. The van der Waals surface area contributed by atoms with Crippen LogP contribution in [0.4, 0.5) is 5.82 Å². The number of nitrogens with zero attached hydrogens (tertiary/aromatic N) is 3. The maximum atomic E-state index is 12.1. The molecule has 5 atom stereocenters. The number of carbonyl (C=O) groups excluding carboxylic acids is 1. The van der Waals surface area contributed by atoms with Crippen molar-refractivity contribution in [2.24, 2.45) is 5.73 Å². The van der Waals surface area contributed by atoms with Crippen molar-refractivity contribution in [2.75, 3.05) is 38.5 Å². The molecule has 5 unspecified atom stereocenters. The predicted octanol–water partition coefficient (Wildman–Crippen LogP) is -1.61. The molecule has 0 aromatic carbocycles. The first-order chi connectivity index (χ1) is 16.4. The Morgan fingerprint density at radius 1 is 1.34 bits per heavy atom. The summed E-state index contributed by atoms with van der Waals surface area (Å²) in [6.07, 6.45) is -2.86. The van der Waals surface area contributed by atoms with E-state index < -0.39 is 43.8 Å². The number of nitrogen functional groups attached to an aromatic ring is 1. The Balaban J connectivity index is 1.74. The zero-order valence-electron chi connectivity index (χ0n) is 19.8. The fourth-order valence-electron chi connectivity index (χ4n) is 3.92. The molecule has 35 heavy (non-hydrogen) atoms. The molecule has 7 N–H and O–H groups in total. The van der Waals surface area contributed by atoms with Crippen molar-refractivity contribution in [3.05, 3.63) is 17.6 Å². The summed E-state index contributed by atoms with van der Waals surface area (Å²) >= 11 is 0. The number of aliphatic hydroxyl groups is 2. The second-order valence-corrected chi connectivity index (χ2v) is 10.1. The molecule has 0 bridgehead atoms. The first-order valence-electron chi connectivity index (χ1n) is 11.0. The van der Waals surface area contributed by atoms with E-state index in [2.05, 4.69) is 9.97 Å². The van der Waals surface area contributed by atoms with Crippen LogP contribution in [0.15, 0.2) is 6.20 Å². The van der Waals surface area contributed by atoms with E-state index in [0.717, 1.165) is 0 Å². The largest absolute Gasteiger partial charge is 0.387 e. The first-order valence-corrected chi connectivity index (χ1v) is 12.8. The van der Waals surface area contributed by atoms with Crippen molar-refractivity contribution in [1.29, 1.82) is 0 Å². The Morgan fingerprint density at radius 2 is 2.06 bits per heavy atom. The molecular formula is C19H31BN5O9P. The van der Waals surface area contributed by atoms with Crippen LogP contribution in [0.25, 0.3) is 11.0 Å². The molecule has 2 aromatic heterocycles. The van der Waals surface area contributed by atoms with Crippen molar-refractivity contribution in [1.82, 2.24) is 14.5 Å². The van der Waals surface area contributed by atoms with E-state index in [1.807, 2.05) is 6.92 Å². The molecule has 194 valence electrons. The second-order valence-electron chi connectivity index (χ2n) is 8.30. The lowest BCUT2D eigenvalue weighted by molar-refractivity contribution is -0.0904. The molecule has 0 saturated carbocycles. The van der Waals surface area contributed by atoms with Gasteiger partial charge in [-0.2, -0.15) is 0 Å². The minimum absolute atomic E-state index is 0.0176. The molecule has 14 nitrogen and oxygen atoms in total. The number of hydrogen-bond donors (Lipinski definition) is 5. The number of rotatable bonds is 12. The standard InChI is InChI=1S/C19H31BN5O9P/c1-3-31-5-4-6-33-35(29,30)9-32-8-12-14(26)15(27)19(20,34-12)25-7-11(17(22)28)13-16(21)23-10(2)24-18(13)25/h7,12,14-15,26-27H,3-6,8-9,20H2,1-2H3,(H2,22,28)(H,29,30)(H2,21,23,24). The SMILES string of the molecule is BC1(n2cc(C(N)=O)c3c(N)nc(C)nc32)OC(COCP(=O)(O)OCCCOCC)C(O)C1O. The van der Waals surface area contributed by atoms with Gasteiger partial charge in [0, 0.05) is 19.4 Å². The lowest BCUT2D eigenvalue weighted by Gasteiger charge is -2.30. The fourth-order valence-corrected chi connectivity index (χ4v) is 4.75. The number of hydrogen-bond acceptors (Lipinski definition) is 11. The van der Waals surface area contributed by atoms with Crippen LogP contribution in [0.1, 0.15) is 29.5 Å². The summed E-state index contributed by atoms with van der Waals surface area (Å²) in [5.74, 6) is -0.456. The fraction of sp³-hybridized carbons (Fsp3) is 0.632. The third kappa shape index (κ3) is 5.84. The van der Waals surface area contributed by atoms with Crippen LogP contribution in [0, 0.1) is 6.92 Å². The van der Waals surface area contributed by atoms with Gasteiger partial charge in [-0.05, 0) is 20.3 Å². The number of anilines is 1. The zero-order chi connectivity index (χ0) is 26.0. The molecule has 1 aliphatic heterocycles. The number of amides is 1. The van der Waals surface area contributed by atoms with Gasteiger partial charge in [0.1, 0.15) is 47.6 Å². The van der Waals surface area contributed by atoms with Gasteiger partial charge in [0.25, 0.3) is 5.91 Å². The molecule has 1 saturated heterocycles. The van der Waals surface area contributed by atoms with Crippen LogP contribution >= 0.6 is 7.60 Å². The summed E-state index contributed by atoms with van der Waals surface area (Å²) in [5.41, 5.74) is 10.1. The summed E-state index contributed by atoms with van der Waals surface area (Å²) in [7, 11) is -2.56. The molecule has 3 heterocycles. The normalized spacial score (nSPS) is 26.3. The van der Waals surface area contributed by atoms with Crippen LogP contribution in [0.2, 0.25) is 0 Å². The van der Waals surface area contributed by atoms with Crippen LogP contribution in [0.3, 0.4) is 0 Å². The number of aryl methyl sites for hydroxylation is 1. The van der Waals surface area contributed by atoms with Crippen molar-refractivity contribution >= 4 is 38.2 Å². The van der Waals surface area contributed by atoms with Crippen molar-refractivity contribution < 1.29 is 43.2 Å². The van der Waals surface area contributed by atoms with Crippen molar-refractivity contribution in [2.45, 2.75) is 44.2 Å². The Hall–Kier alpha value is -2.10. The number of fused-ring (bicyclic) bond motifs is 1. The van der Waals surface area contributed by atoms with Crippen molar-refractivity contribution in [3.63, 3.8) is 0 Å². The molecule has 0 aliphatic carbocycles. The first kappa shape index (κ1) is 27.5. The van der Waals surface area contributed by atoms with Gasteiger partial charge in [-0.25, -0.2) is 9.97 Å². The molecule has 16 heteroatoms. The number of aliphatic hydroxyl groups excluding tert-OH is 2. The van der Waals surface area contributed by atoms with Gasteiger partial charge < -0.3 is 49.9 Å². The minimum atomic E-state index is -4.04. The monoisotopic (exact) mass is 515 g/mol. The van der Waals surface area contributed by atoms with E-state index in [0.29, 0.717) is 25.5 Å². The second kappa shape index (κ2) is 10.9. The molecule has 1 aliphatic rings. The lowest BCUT2D eigenvalue weighted by Crippen LogP contribution is -2.46. The molecular weight excluding hydrogens is 484 g/mol. The highest BCUT2D eigenvalue weighted by Crippen LogP contribution is 2.42. The third-order valence-electron chi connectivity index (χ3n) is 5.64. The maximum Gasteiger partial charge on any atom is 0.353 e. The van der Waals surface area contributed by atoms with Crippen LogP contribution in [-0.4, -0.2) is 94.5 Å². The van der Waals surface area contributed by atoms with Crippen molar-refractivity contribution in [3.8, 4) is 0 Å². The number of carbonyl (C=O) groups is 1. The van der Waals surface area contributed by atoms with E-state index in [1.54, 1.807) is 6.92 Å². The number of nitrogens with two attached hydrogens (primary N) is 2. The quantitative estimate of drug-likeness (QED) is 0.123. The molecule has 0 radical (unpaired) electrons.